The number of aromatic nitrogens is 2. The molecule has 2 unspecified atom stereocenters. The number of methoxy groups -OCH3 is 1. The SMILES string of the molecule is COC(=O)C(NC(=O)C1Cc2nc[nH]c2CN1)C(C)C. The van der Waals surface area contributed by atoms with Crippen molar-refractivity contribution in [2.75, 3.05) is 7.11 Å². The minimum absolute atomic E-state index is 0.0315. The van der Waals surface area contributed by atoms with Crippen molar-refractivity contribution in [1.29, 1.82) is 0 Å². The number of hydrogen-bond acceptors (Lipinski definition) is 5. The van der Waals surface area contributed by atoms with Crippen molar-refractivity contribution in [2.24, 2.45) is 5.92 Å². The number of H-pyrrole nitrogens is 1. The van der Waals surface area contributed by atoms with E-state index >= 15 is 0 Å². The van der Waals surface area contributed by atoms with Crippen molar-refractivity contribution < 1.29 is 14.3 Å². The predicted molar refractivity (Wildman–Crippen MR) is 71.7 cm³/mol. The summed E-state index contributed by atoms with van der Waals surface area (Å²) in [5.74, 6) is -0.664. The number of esters is 1. The Morgan fingerprint density at radius 2 is 2.25 bits per heavy atom. The lowest BCUT2D eigenvalue weighted by atomic mass is 10.0. The number of nitrogens with zero attached hydrogens (tertiary/aromatic N) is 1. The third-order valence-electron chi connectivity index (χ3n) is 3.47. The van der Waals surface area contributed by atoms with Gasteiger partial charge >= 0.3 is 5.97 Å². The van der Waals surface area contributed by atoms with E-state index in [1.807, 2.05) is 13.8 Å². The van der Waals surface area contributed by atoms with E-state index in [4.69, 9.17) is 4.74 Å². The second-order valence-corrected chi connectivity index (χ2v) is 5.22. The van der Waals surface area contributed by atoms with Gasteiger partial charge in [-0.05, 0) is 5.92 Å². The molecular weight excluding hydrogens is 260 g/mol. The maximum absolute atomic E-state index is 12.2. The van der Waals surface area contributed by atoms with E-state index in [-0.39, 0.29) is 17.9 Å². The minimum atomic E-state index is -0.630. The summed E-state index contributed by atoms with van der Waals surface area (Å²) in [5, 5.41) is 5.87. The van der Waals surface area contributed by atoms with Crippen LogP contribution < -0.4 is 10.6 Å². The molecule has 0 fully saturated rings. The minimum Gasteiger partial charge on any atom is -0.467 e. The molecule has 1 aliphatic heterocycles. The van der Waals surface area contributed by atoms with E-state index in [1.54, 1.807) is 6.33 Å². The van der Waals surface area contributed by atoms with Gasteiger partial charge in [-0.2, -0.15) is 0 Å². The van der Waals surface area contributed by atoms with Gasteiger partial charge in [0.2, 0.25) is 5.91 Å². The summed E-state index contributed by atoms with van der Waals surface area (Å²) in [7, 11) is 1.32. The van der Waals surface area contributed by atoms with Gasteiger partial charge in [-0.25, -0.2) is 9.78 Å². The molecule has 1 aromatic rings. The summed E-state index contributed by atoms with van der Waals surface area (Å²) in [6.07, 6.45) is 2.13. The van der Waals surface area contributed by atoms with E-state index in [1.165, 1.54) is 7.11 Å². The topological polar surface area (TPSA) is 96.1 Å². The van der Waals surface area contributed by atoms with Gasteiger partial charge in [0.1, 0.15) is 6.04 Å². The molecule has 1 amide bonds. The Morgan fingerprint density at radius 1 is 1.50 bits per heavy atom. The summed E-state index contributed by atoms with van der Waals surface area (Å²) >= 11 is 0. The molecule has 1 aliphatic rings. The fourth-order valence-corrected chi connectivity index (χ4v) is 2.23. The van der Waals surface area contributed by atoms with E-state index in [0.717, 1.165) is 11.4 Å². The van der Waals surface area contributed by atoms with E-state index < -0.39 is 12.0 Å². The van der Waals surface area contributed by atoms with Crippen molar-refractivity contribution in [1.82, 2.24) is 20.6 Å². The number of fused-ring (bicyclic) bond motifs is 1. The van der Waals surface area contributed by atoms with Crippen LogP contribution >= 0.6 is 0 Å². The third kappa shape index (κ3) is 2.98. The summed E-state index contributed by atoms with van der Waals surface area (Å²) in [4.78, 5) is 31.1. The van der Waals surface area contributed by atoms with Crippen LogP contribution in [0.15, 0.2) is 6.33 Å². The number of carbonyl (C=O) groups excluding carboxylic acids is 2. The van der Waals surface area contributed by atoms with E-state index in [9.17, 15) is 9.59 Å². The zero-order chi connectivity index (χ0) is 14.7. The van der Waals surface area contributed by atoms with Crippen molar-refractivity contribution in [2.45, 2.75) is 38.9 Å². The number of nitrogens with one attached hydrogen (secondary N) is 3. The molecule has 2 atom stereocenters. The van der Waals surface area contributed by atoms with Crippen molar-refractivity contribution in [3.05, 3.63) is 17.7 Å². The predicted octanol–water partition coefficient (Wildman–Crippen LogP) is -0.262. The first kappa shape index (κ1) is 14.5. The molecule has 2 heterocycles. The highest BCUT2D eigenvalue weighted by atomic mass is 16.5. The maximum Gasteiger partial charge on any atom is 0.328 e. The van der Waals surface area contributed by atoms with Crippen LogP contribution in [0.5, 0.6) is 0 Å². The fraction of sp³-hybridized carbons (Fsp3) is 0.615. The van der Waals surface area contributed by atoms with Crippen molar-refractivity contribution in [3.8, 4) is 0 Å². The van der Waals surface area contributed by atoms with Gasteiger partial charge in [0.15, 0.2) is 0 Å². The average molecular weight is 280 g/mol. The van der Waals surface area contributed by atoms with Gasteiger partial charge in [0, 0.05) is 13.0 Å². The molecule has 0 aliphatic carbocycles. The quantitative estimate of drug-likeness (QED) is 0.660. The Balaban J connectivity index is 2.00. The van der Waals surface area contributed by atoms with Crippen LogP contribution in [0.3, 0.4) is 0 Å². The van der Waals surface area contributed by atoms with Crippen LogP contribution in [0.2, 0.25) is 0 Å². The number of hydrogen-bond donors (Lipinski definition) is 3. The monoisotopic (exact) mass is 280 g/mol. The van der Waals surface area contributed by atoms with E-state index in [0.29, 0.717) is 13.0 Å². The molecule has 110 valence electrons. The lowest BCUT2D eigenvalue weighted by Gasteiger charge is -2.26. The summed E-state index contributed by atoms with van der Waals surface area (Å²) in [6, 6.07) is -1.01. The van der Waals surface area contributed by atoms with Gasteiger partial charge in [-0.1, -0.05) is 13.8 Å². The largest absolute Gasteiger partial charge is 0.467 e. The van der Waals surface area contributed by atoms with Crippen LogP contribution in [0, 0.1) is 5.92 Å². The maximum atomic E-state index is 12.2. The molecule has 7 nitrogen and oxygen atoms in total. The molecule has 0 aromatic carbocycles. The van der Waals surface area contributed by atoms with Crippen LogP contribution in [0.1, 0.15) is 25.2 Å². The first-order valence-electron chi connectivity index (χ1n) is 6.65. The normalized spacial score (nSPS) is 19.3. The highest BCUT2D eigenvalue weighted by Gasteiger charge is 2.30. The molecule has 0 saturated heterocycles. The number of aromatic amines is 1. The summed E-state index contributed by atoms with van der Waals surface area (Å²) in [6.45, 7) is 4.29. The van der Waals surface area contributed by atoms with Crippen LogP contribution in [0.4, 0.5) is 0 Å². The summed E-state index contributed by atoms with van der Waals surface area (Å²) in [5.41, 5.74) is 1.89. The second kappa shape index (κ2) is 6.04. The molecule has 7 heteroatoms. The third-order valence-corrected chi connectivity index (χ3v) is 3.47. The molecular formula is C13H20N4O3. The lowest BCUT2D eigenvalue weighted by Crippen LogP contribution is -2.54. The molecule has 2 rings (SSSR count). The molecule has 0 bridgehead atoms. The Hall–Kier alpha value is -1.89. The Bertz CT molecular complexity index is 498. The van der Waals surface area contributed by atoms with Gasteiger partial charge in [-0.15, -0.1) is 0 Å². The van der Waals surface area contributed by atoms with Gasteiger partial charge in [-0.3, -0.25) is 10.1 Å². The van der Waals surface area contributed by atoms with Crippen LogP contribution in [0.25, 0.3) is 0 Å². The van der Waals surface area contributed by atoms with E-state index in [2.05, 4.69) is 20.6 Å². The standard InChI is InChI=1S/C13H20N4O3/c1-7(2)11(13(19)20-3)17-12(18)9-4-8-10(5-14-9)16-6-15-8/h6-7,9,11,14H,4-5H2,1-3H3,(H,15,16)(H,17,18). The Labute approximate surface area is 117 Å². The molecule has 3 N–H and O–H groups in total. The highest BCUT2D eigenvalue weighted by molar-refractivity contribution is 5.88. The molecule has 1 aromatic heterocycles. The zero-order valence-corrected chi connectivity index (χ0v) is 11.9. The summed E-state index contributed by atoms with van der Waals surface area (Å²) < 4.78 is 4.71. The van der Waals surface area contributed by atoms with Gasteiger partial charge in [0.05, 0.1) is 30.9 Å². The molecule has 20 heavy (non-hydrogen) atoms. The van der Waals surface area contributed by atoms with Crippen molar-refractivity contribution >= 4 is 11.9 Å². The fourth-order valence-electron chi connectivity index (χ4n) is 2.23. The molecule has 0 spiro atoms. The van der Waals surface area contributed by atoms with Crippen LogP contribution in [-0.2, 0) is 27.3 Å². The highest BCUT2D eigenvalue weighted by Crippen LogP contribution is 2.13. The molecule has 0 radical (unpaired) electrons. The first-order chi connectivity index (χ1) is 9.52. The van der Waals surface area contributed by atoms with Gasteiger partial charge < -0.3 is 15.0 Å². The number of imidazole rings is 1. The number of carbonyl (C=O) groups is 2. The van der Waals surface area contributed by atoms with Crippen molar-refractivity contribution in [3.63, 3.8) is 0 Å². The molecule has 0 saturated carbocycles. The Kier molecular flexibility index (Phi) is 4.39. The number of amides is 1. The smallest absolute Gasteiger partial charge is 0.328 e. The Morgan fingerprint density at radius 3 is 2.90 bits per heavy atom. The van der Waals surface area contributed by atoms with Gasteiger partial charge in [0.25, 0.3) is 0 Å². The number of ether oxygens (including phenoxy) is 1. The average Bonchev–Trinajstić information content (AvgIpc) is 2.90. The second-order valence-electron chi connectivity index (χ2n) is 5.22. The van der Waals surface area contributed by atoms with Crippen LogP contribution in [-0.4, -0.2) is 41.0 Å². The zero-order valence-electron chi connectivity index (χ0n) is 11.9. The first-order valence-corrected chi connectivity index (χ1v) is 6.65. The number of rotatable bonds is 4. The lowest BCUT2D eigenvalue weighted by molar-refractivity contribution is -0.146.